The van der Waals surface area contributed by atoms with Crippen molar-refractivity contribution in [3.05, 3.63) is 72.9 Å². The Hall–Kier alpha value is -2.88. The molecule has 0 aromatic rings. The number of ether oxygens (including phenoxy) is 2. The number of hydrogen-bond acceptors (Lipinski definition) is 9. The standard InChI is InChI=1S/C43H72NO9P/c1-3-5-7-9-11-12-13-14-15-16-17-18-19-20-22-26-30-34-42(46)50-38-41(39-52-54(48,49)51-37-36-44)53-43(47)35-31-27-23-25-29-33-40(45)32-28-24-21-10-8-6-4-2/h11-12,14-15,17-18,20-22,24,28,32,41H,3-10,13,16,19,23,25-27,29-31,33-39,44H2,1-2H3,(H,48,49)/b12-11-,15-14-,18-17-,22-20-,24-21-,32-28+/t41-/m1/s1. The van der Waals surface area contributed by atoms with E-state index in [0.717, 1.165) is 57.8 Å². The number of nitrogens with two attached hydrogens (primary N) is 1. The Labute approximate surface area is 327 Å². The SMILES string of the molecule is CCCCC/C=C\C=C\C(=O)CCCCCCCC(=O)O[C@H](COC(=O)CCC/C=C\C/C=C\C/C=C\C/C=C\CCCCC)COP(=O)(O)OCCN. The lowest BCUT2D eigenvalue weighted by Crippen LogP contribution is -2.29. The number of esters is 2. The first kappa shape index (κ1) is 51.1. The second-order valence-corrected chi connectivity index (χ2v) is 14.6. The van der Waals surface area contributed by atoms with Crippen LogP contribution in [0.3, 0.4) is 0 Å². The third kappa shape index (κ3) is 37.4. The van der Waals surface area contributed by atoms with E-state index < -0.39 is 32.5 Å². The van der Waals surface area contributed by atoms with Gasteiger partial charge in [-0.05, 0) is 76.7 Å². The van der Waals surface area contributed by atoms with E-state index in [-0.39, 0.29) is 38.4 Å². The number of unbranched alkanes of at least 4 members (excludes halogenated alkanes) is 11. The summed E-state index contributed by atoms with van der Waals surface area (Å²) in [4.78, 5) is 46.8. The molecule has 0 aromatic heterocycles. The molecule has 0 amide bonds. The van der Waals surface area contributed by atoms with E-state index in [9.17, 15) is 23.8 Å². The van der Waals surface area contributed by atoms with Crippen LogP contribution in [-0.4, -0.2) is 55.1 Å². The van der Waals surface area contributed by atoms with Crippen LogP contribution in [0.15, 0.2) is 72.9 Å². The summed E-state index contributed by atoms with van der Waals surface area (Å²) in [6.07, 6.45) is 41.9. The molecule has 0 spiro atoms. The first-order valence-electron chi connectivity index (χ1n) is 20.4. The zero-order valence-electron chi connectivity index (χ0n) is 33.4. The van der Waals surface area contributed by atoms with Gasteiger partial charge < -0.3 is 20.1 Å². The Morgan fingerprint density at radius 1 is 0.611 bits per heavy atom. The van der Waals surface area contributed by atoms with Crippen LogP contribution in [0.25, 0.3) is 0 Å². The summed E-state index contributed by atoms with van der Waals surface area (Å²) in [5.41, 5.74) is 5.33. The molecule has 2 atom stereocenters. The number of hydrogen-bond donors (Lipinski definition) is 2. The fraction of sp³-hybridized carbons (Fsp3) is 0.651. The van der Waals surface area contributed by atoms with Crippen molar-refractivity contribution >= 4 is 25.5 Å². The minimum absolute atomic E-state index is 0.0230. The molecule has 0 heterocycles. The highest BCUT2D eigenvalue weighted by Crippen LogP contribution is 2.43. The summed E-state index contributed by atoms with van der Waals surface area (Å²) < 4.78 is 32.6. The van der Waals surface area contributed by atoms with Gasteiger partial charge in [-0.2, -0.15) is 0 Å². The van der Waals surface area contributed by atoms with E-state index in [1.54, 1.807) is 12.2 Å². The molecule has 0 radical (unpaired) electrons. The molecule has 0 aliphatic carbocycles. The molecular formula is C43H72NO9P. The van der Waals surface area contributed by atoms with E-state index in [4.69, 9.17) is 24.3 Å². The van der Waals surface area contributed by atoms with Crippen LogP contribution in [0.2, 0.25) is 0 Å². The first-order valence-corrected chi connectivity index (χ1v) is 21.9. The van der Waals surface area contributed by atoms with Gasteiger partial charge in [0.05, 0.1) is 13.2 Å². The Bertz CT molecular complexity index is 1180. The highest BCUT2D eigenvalue weighted by atomic mass is 31.2. The number of carbonyl (C=O) groups is 3. The second kappa shape index (κ2) is 38.4. The predicted octanol–water partition coefficient (Wildman–Crippen LogP) is 10.7. The van der Waals surface area contributed by atoms with Crippen LogP contribution in [0.5, 0.6) is 0 Å². The van der Waals surface area contributed by atoms with Gasteiger partial charge in [-0.15, -0.1) is 0 Å². The van der Waals surface area contributed by atoms with Crippen LogP contribution in [-0.2, 0) is 37.5 Å². The zero-order chi connectivity index (χ0) is 39.8. The van der Waals surface area contributed by atoms with Gasteiger partial charge in [-0.25, -0.2) is 4.57 Å². The topological polar surface area (TPSA) is 151 Å². The summed E-state index contributed by atoms with van der Waals surface area (Å²) in [6.45, 7) is 3.42. The second-order valence-electron chi connectivity index (χ2n) is 13.2. The van der Waals surface area contributed by atoms with Crippen LogP contribution >= 0.6 is 7.82 Å². The number of ketones is 1. The van der Waals surface area contributed by atoms with Gasteiger partial charge in [-0.3, -0.25) is 23.4 Å². The molecule has 0 saturated heterocycles. The van der Waals surface area contributed by atoms with Crippen molar-refractivity contribution in [3.63, 3.8) is 0 Å². The van der Waals surface area contributed by atoms with Gasteiger partial charge in [-0.1, -0.05) is 126 Å². The van der Waals surface area contributed by atoms with Gasteiger partial charge in [0.15, 0.2) is 11.9 Å². The van der Waals surface area contributed by atoms with Crippen LogP contribution in [0.4, 0.5) is 0 Å². The molecule has 0 bridgehead atoms. The fourth-order valence-corrected chi connectivity index (χ4v) is 5.72. The van der Waals surface area contributed by atoms with Crippen molar-refractivity contribution in [2.45, 2.75) is 155 Å². The Kier molecular flexibility index (Phi) is 36.3. The summed E-state index contributed by atoms with van der Waals surface area (Å²) in [5.74, 6) is -0.886. The molecular weight excluding hydrogens is 705 g/mol. The molecule has 0 aliphatic heterocycles. The molecule has 0 rings (SSSR count). The lowest BCUT2D eigenvalue weighted by Gasteiger charge is -2.19. The maximum atomic E-state index is 12.5. The Morgan fingerprint density at radius 2 is 1.15 bits per heavy atom. The highest BCUT2D eigenvalue weighted by molar-refractivity contribution is 7.47. The van der Waals surface area contributed by atoms with Gasteiger partial charge in [0, 0.05) is 25.8 Å². The van der Waals surface area contributed by atoms with Gasteiger partial charge in [0.25, 0.3) is 0 Å². The molecule has 0 saturated carbocycles. The van der Waals surface area contributed by atoms with Crippen molar-refractivity contribution < 1.29 is 42.4 Å². The molecule has 54 heavy (non-hydrogen) atoms. The Morgan fingerprint density at radius 3 is 1.76 bits per heavy atom. The average Bonchev–Trinajstić information content (AvgIpc) is 3.15. The van der Waals surface area contributed by atoms with Crippen molar-refractivity contribution in [1.29, 1.82) is 0 Å². The van der Waals surface area contributed by atoms with E-state index >= 15 is 0 Å². The third-order valence-corrected chi connectivity index (χ3v) is 9.03. The monoisotopic (exact) mass is 777 g/mol. The number of carbonyl (C=O) groups excluding carboxylic acids is 3. The van der Waals surface area contributed by atoms with Gasteiger partial charge in [0.2, 0.25) is 0 Å². The van der Waals surface area contributed by atoms with E-state index in [2.05, 4.69) is 62.5 Å². The van der Waals surface area contributed by atoms with Crippen molar-refractivity contribution in [1.82, 2.24) is 0 Å². The molecule has 0 fully saturated rings. The van der Waals surface area contributed by atoms with Crippen molar-refractivity contribution in [2.75, 3.05) is 26.4 Å². The summed E-state index contributed by atoms with van der Waals surface area (Å²) >= 11 is 0. The summed E-state index contributed by atoms with van der Waals surface area (Å²) in [5, 5.41) is 0. The average molecular weight is 778 g/mol. The van der Waals surface area contributed by atoms with E-state index in [1.807, 2.05) is 12.2 Å². The zero-order valence-corrected chi connectivity index (χ0v) is 34.3. The number of phosphoric acid groups is 1. The van der Waals surface area contributed by atoms with Crippen LogP contribution in [0.1, 0.15) is 149 Å². The minimum atomic E-state index is -4.42. The molecule has 0 aliphatic rings. The van der Waals surface area contributed by atoms with Crippen LogP contribution < -0.4 is 5.73 Å². The molecule has 3 N–H and O–H groups in total. The smallest absolute Gasteiger partial charge is 0.462 e. The molecule has 308 valence electrons. The van der Waals surface area contributed by atoms with E-state index in [0.29, 0.717) is 25.7 Å². The largest absolute Gasteiger partial charge is 0.472 e. The lowest BCUT2D eigenvalue weighted by atomic mass is 10.1. The maximum Gasteiger partial charge on any atom is 0.472 e. The lowest BCUT2D eigenvalue weighted by molar-refractivity contribution is -0.161. The number of phosphoric ester groups is 1. The van der Waals surface area contributed by atoms with Crippen molar-refractivity contribution in [3.8, 4) is 0 Å². The fourth-order valence-electron chi connectivity index (χ4n) is 4.96. The quantitative estimate of drug-likeness (QED) is 0.0156. The van der Waals surface area contributed by atoms with Crippen LogP contribution in [0, 0.1) is 0 Å². The summed E-state index contributed by atoms with van der Waals surface area (Å²) in [6, 6.07) is 0. The number of rotatable bonds is 37. The Balaban J connectivity index is 4.39. The van der Waals surface area contributed by atoms with Gasteiger partial charge >= 0.3 is 19.8 Å². The molecule has 1 unspecified atom stereocenters. The minimum Gasteiger partial charge on any atom is -0.462 e. The van der Waals surface area contributed by atoms with Gasteiger partial charge in [0.1, 0.15) is 6.61 Å². The van der Waals surface area contributed by atoms with E-state index in [1.165, 1.54) is 38.5 Å². The first-order chi connectivity index (χ1) is 26.2. The third-order valence-electron chi connectivity index (χ3n) is 8.04. The summed E-state index contributed by atoms with van der Waals surface area (Å²) in [7, 11) is -4.42. The maximum absolute atomic E-state index is 12.5. The predicted molar refractivity (Wildman–Crippen MR) is 220 cm³/mol. The molecule has 11 heteroatoms. The number of allylic oxidation sites excluding steroid dienone is 12. The molecule has 0 aromatic carbocycles. The van der Waals surface area contributed by atoms with Crippen molar-refractivity contribution in [2.24, 2.45) is 5.73 Å². The normalized spacial score (nSPS) is 14.0. The molecule has 10 nitrogen and oxygen atoms in total. The highest BCUT2D eigenvalue weighted by Gasteiger charge is 2.25.